The van der Waals surface area contributed by atoms with Crippen LogP contribution in [-0.2, 0) is 6.42 Å². The molecule has 2 N–H and O–H groups in total. The lowest BCUT2D eigenvalue weighted by molar-refractivity contribution is 0.178. The lowest BCUT2D eigenvalue weighted by Gasteiger charge is -2.35. The molecule has 0 spiro atoms. The van der Waals surface area contributed by atoms with Gasteiger partial charge in [-0.15, -0.1) is 0 Å². The van der Waals surface area contributed by atoms with Crippen LogP contribution in [0.25, 0.3) is 0 Å². The number of carbonyl (C=O) groups is 1. The number of aromatic nitrogens is 2. The van der Waals surface area contributed by atoms with Gasteiger partial charge in [0.05, 0.1) is 16.1 Å². The van der Waals surface area contributed by atoms with Crippen LogP contribution in [0.2, 0.25) is 10.0 Å². The van der Waals surface area contributed by atoms with Gasteiger partial charge in [-0.1, -0.05) is 23.2 Å². The van der Waals surface area contributed by atoms with Crippen LogP contribution in [0.15, 0.2) is 29.2 Å². The zero-order valence-corrected chi connectivity index (χ0v) is 14.1. The smallest absolute Gasteiger partial charge is 0.314 e. The Morgan fingerprint density at radius 1 is 1.29 bits per heavy atom. The Hall–Kier alpha value is -2.05. The molecule has 8 heteroatoms. The van der Waals surface area contributed by atoms with E-state index < -0.39 is 0 Å². The average molecular weight is 365 g/mol. The summed E-state index contributed by atoms with van der Waals surface area (Å²) < 4.78 is 0. The number of rotatable bonds is 1. The third-order valence-corrected chi connectivity index (χ3v) is 5.37. The molecule has 24 heavy (non-hydrogen) atoms. The van der Waals surface area contributed by atoms with Crippen molar-refractivity contribution in [2.24, 2.45) is 0 Å². The van der Waals surface area contributed by atoms with E-state index in [9.17, 15) is 9.59 Å². The number of hydrogen-bond acceptors (Lipinski definition) is 3. The van der Waals surface area contributed by atoms with Crippen molar-refractivity contribution < 1.29 is 4.79 Å². The molecule has 2 aromatic rings. The van der Waals surface area contributed by atoms with Gasteiger partial charge in [-0.3, -0.25) is 0 Å². The Morgan fingerprint density at radius 3 is 2.92 bits per heavy atom. The van der Waals surface area contributed by atoms with E-state index in [1.807, 2.05) is 4.90 Å². The van der Waals surface area contributed by atoms with Gasteiger partial charge in [0, 0.05) is 35.6 Å². The fourth-order valence-electron chi connectivity index (χ4n) is 3.59. The van der Waals surface area contributed by atoms with Gasteiger partial charge in [-0.2, -0.15) is 0 Å². The second kappa shape index (κ2) is 5.79. The molecule has 4 rings (SSSR count). The molecule has 2 bridgehead atoms. The molecule has 2 atom stereocenters. The third kappa shape index (κ3) is 2.56. The summed E-state index contributed by atoms with van der Waals surface area (Å²) in [7, 11) is 0. The number of hydrogen-bond donors (Lipinski definition) is 2. The summed E-state index contributed by atoms with van der Waals surface area (Å²) in [4.78, 5) is 32.6. The van der Waals surface area contributed by atoms with E-state index in [1.54, 1.807) is 24.4 Å². The summed E-state index contributed by atoms with van der Waals surface area (Å²) >= 11 is 11.9. The van der Waals surface area contributed by atoms with Gasteiger partial charge in [0.15, 0.2) is 0 Å². The summed E-state index contributed by atoms with van der Waals surface area (Å²) in [6, 6.07) is 4.81. The van der Waals surface area contributed by atoms with Crippen molar-refractivity contribution in [2.45, 2.75) is 31.3 Å². The van der Waals surface area contributed by atoms with Crippen molar-refractivity contribution in [3.05, 3.63) is 56.2 Å². The minimum Gasteiger partial charge on any atom is -0.314 e. The SMILES string of the molecule is O=C(Nc1ccc(Cl)c(Cl)c1)N1C2CC[C@H]1Cc1[nH]c(=O)ncc12. The number of halogens is 2. The van der Waals surface area contributed by atoms with Crippen LogP contribution < -0.4 is 11.0 Å². The number of nitrogens with one attached hydrogen (secondary N) is 2. The first-order valence-electron chi connectivity index (χ1n) is 7.65. The summed E-state index contributed by atoms with van der Waals surface area (Å²) in [5, 5.41) is 3.71. The normalized spacial score (nSPS) is 21.5. The zero-order chi connectivity index (χ0) is 16.8. The molecular weight excluding hydrogens is 351 g/mol. The quantitative estimate of drug-likeness (QED) is 0.813. The Kier molecular flexibility index (Phi) is 3.73. The number of fused-ring (bicyclic) bond motifs is 4. The van der Waals surface area contributed by atoms with Gasteiger partial charge < -0.3 is 15.2 Å². The summed E-state index contributed by atoms with van der Waals surface area (Å²) in [6.07, 6.45) is 3.98. The number of aromatic amines is 1. The van der Waals surface area contributed by atoms with Gasteiger partial charge in [0.2, 0.25) is 0 Å². The Labute approximate surface area is 147 Å². The molecule has 0 radical (unpaired) electrons. The van der Waals surface area contributed by atoms with Crippen molar-refractivity contribution in [3.63, 3.8) is 0 Å². The van der Waals surface area contributed by atoms with Gasteiger partial charge in [-0.05, 0) is 31.0 Å². The molecule has 124 valence electrons. The molecule has 1 aromatic carbocycles. The highest BCUT2D eigenvalue weighted by Crippen LogP contribution is 2.42. The fourth-order valence-corrected chi connectivity index (χ4v) is 3.89. The van der Waals surface area contributed by atoms with Crippen LogP contribution in [-0.4, -0.2) is 26.9 Å². The van der Waals surface area contributed by atoms with E-state index in [0.717, 1.165) is 24.1 Å². The van der Waals surface area contributed by atoms with Crippen LogP contribution in [0.5, 0.6) is 0 Å². The highest BCUT2D eigenvalue weighted by atomic mass is 35.5. The first kappa shape index (κ1) is 15.5. The van der Waals surface area contributed by atoms with E-state index in [2.05, 4.69) is 15.3 Å². The molecule has 6 nitrogen and oxygen atoms in total. The van der Waals surface area contributed by atoms with Crippen molar-refractivity contribution >= 4 is 34.9 Å². The summed E-state index contributed by atoms with van der Waals surface area (Å²) in [5.41, 5.74) is 2.06. The molecule has 2 aliphatic rings. The molecule has 3 heterocycles. The predicted molar refractivity (Wildman–Crippen MR) is 91.6 cm³/mol. The molecule has 2 amide bonds. The monoisotopic (exact) mass is 364 g/mol. The second-order valence-electron chi connectivity index (χ2n) is 6.04. The largest absolute Gasteiger partial charge is 0.345 e. The highest BCUT2D eigenvalue weighted by molar-refractivity contribution is 6.42. The lowest BCUT2D eigenvalue weighted by atomic mass is 10.00. The fraction of sp³-hybridized carbons (Fsp3) is 0.312. The molecular formula is C16H14Cl2N4O2. The minimum absolute atomic E-state index is 0.0640. The number of anilines is 1. The van der Waals surface area contributed by atoms with Gasteiger partial charge in [-0.25, -0.2) is 14.6 Å². The first-order valence-corrected chi connectivity index (χ1v) is 8.41. The van der Waals surface area contributed by atoms with Crippen LogP contribution in [0.3, 0.4) is 0 Å². The molecule has 1 saturated heterocycles. The summed E-state index contributed by atoms with van der Waals surface area (Å²) in [6.45, 7) is 0. The van der Waals surface area contributed by atoms with Gasteiger partial charge in [0.25, 0.3) is 0 Å². The Morgan fingerprint density at radius 2 is 2.12 bits per heavy atom. The van der Waals surface area contributed by atoms with Crippen molar-refractivity contribution in [1.82, 2.24) is 14.9 Å². The highest BCUT2D eigenvalue weighted by Gasteiger charge is 2.43. The maximum Gasteiger partial charge on any atom is 0.345 e. The van der Waals surface area contributed by atoms with Crippen LogP contribution in [0.4, 0.5) is 10.5 Å². The molecule has 1 unspecified atom stereocenters. The van der Waals surface area contributed by atoms with Gasteiger partial charge in [0.1, 0.15) is 0 Å². The molecule has 0 saturated carbocycles. The Balaban J connectivity index is 1.60. The Bertz CT molecular complexity index is 883. The standard InChI is InChI=1S/C16H14Cl2N4O2/c17-11-3-1-8(5-12(11)18)20-16(24)22-9-2-4-14(22)10-7-19-15(23)21-13(10)6-9/h1,3,5,7,9,14H,2,4,6H2,(H,20,24)(H,19,21,23)/t9-,14?/m0/s1. The first-order chi connectivity index (χ1) is 11.5. The van der Waals surface area contributed by atoms with Crippen LogP contribution in [0.1, 0.15) is 30.1 Å². The topological polar surface area (TPSA) is 78.1 Å². The minimum atomic E-state index is -0.346. The van der Waals surface area contributed by atoms with E-state index in [1.165, 1.54) is 0 Å². The van der Waals surface area contributed by atoms with Crippen LogP contribution >= 0.6 is 23.2 Å². The number of H-pyrrole nitrogens is 1. The van der Waals surface area contributed by atoms with Crippen LogP contribution in [0, 0.1) is 0 Å². The van der Waals surface area contributed by atoms with E-state index in [0.29, 0.717) is 22.2 Å². The number of nitrogens with zero attached hydrogens (tertiary/aromatic N) is 2. The molecule has 0 aliphatic carbocycles. The molecule has 1 fully saturated rings. The van der Waals surface area contributed by atoms with E-state index in [4.69, 9.17) is 23.2 Å². The summed E-state index contributed by atoms with van der Waals surface area (Å²) in [5.74, 6) is 0. The maximum atomic E-state index is 12.7. The van der Waals surface area contributed by atoms with E-state index >= 15 is 0 Å². The van der Waals surface area contributed by atoms with Gasteiger partial charge >= 0.3 is 11.7 Å². The number of amides is 2. The molecule has 1 aromatic heterocycles. The number of carbonyl (C=O) groups excluding carboxylic acids is 1. The molecule has 2 aliphatic heterocycles. The average Bonchev–Trinajstić information content (AvgIpc) is 2.86. The second-order valence-corrected chi connectivity index (χ2v) is 6.85. The number of urea groups is 1. The zero-order valence-electron chi connectivity index (χ0n) is 12.6. The lowest BCUT2D eigenvalue weighted by Crippen LogP contribution is -2.45. The third-order valence-electron chi connectivity index (χ3n) is 4.63. The van der Waals surface area contributed by atoms with Crippen molar-refractivity contribution in [3.8, 4) is 0 Å². The predicted octanol–water partition coefficient (Wildman–Crippen LogP) is 3.37. The van der Waals surface area contributed by atoms with Crippen molar-refractivity contribution in [1.29, 1.82) is 0 Å². The maximum absolute atomic E-state index is 12.7. The van der Waals surface area contributed by atoms with Crippen molar-refractivity contribution in [2.75, 3.05) is 5.32 Å². The van der Waals surface area contributed by atoms with E-state index in [-0.39, 0.29) is 23.8 Å². The number of benzene rings is 1.